The monoisotopic (exact) mass is 490 g/mol. The predicted molar refractivity (Wildman–Crippen MR) is 127 cm³/mol. The van der Waals surface area contributed by atoms with Crippen LogP contribution in [0.4, 0.5) is 11.4 Å². The standard InChI is InChI=1S/C23H23ClN2O6S/c1-30-17-10-8-15(21(14-17)32-3)12-23(27)25-16-9-11-18(24)22(13-16)33(28,29)26-19-6-4-5-7-20(19)31-2/h4-11,13-14,26H,12H2,1-3H3,(H,25,27). The summed E-state index contributed by atoms with van der Waals surface area (Å²) < 4.78 is 44.1. The first-order valence-electron chi connectivity index (χ1n) is 9.73. The third-order valence-corrected chi connectivity index (χ3v) is 6.55. The van der Waals surface area contributed by atoms with E-state index in [0.29, 0.717) is 22.8 Å². The van der Waals surface area contributed by atoms with Crippen LogP contribution in [0.3, 0.4) is 0 Å². The van der Waals surface area contributed by atoms with Crippen LogP contribution in [0.25, 0.3) is 0 Å². The van der Waals surface area contributed by atoms with Crippen molar-refractivity contribution in [2.45, 2.75) is 11.3 Å². The number of halogens is 1. The van der Waals surface area contributed by atoms with Gasteiger partial charge in [0.1, 0.15) is 22.1 Å². The third-order valence-electron chi connectivity index (χ3n) is 4.70. The van der Waals surface area contributed by atoms with Gasteiger partial charge in [-0.3, -0.25) is 9.52 Å². The molecular formula is C23H23ClN2O6S. The molecule has 0 unspecified atom stereocenters. The number of hydrogen-bond acceptors (Lipinski definition) is 6. The SMILES string of the molecule is COc1ccc(CC(=O)Nc2ccc(Cl)c(S(=O)(=O)Nc3ccccc3OC)c2)c(OC)c1. The molecule has 0 fully saturated rings. The normalized spacial score (nSPS) is 10.9. The molecule has 3 aromatic rings. The van der Waals surface area contributed by atoms with Gasteiger partial charge < -0.3 is 19.5 Å². The van der Waals surface area contributed by atoms with Gasteiger partial charge in [-0.05, 0) is 36.4 Å². The number of nitrogens with one attached hydrogen (secondary N) is 2. The van der Waals surface area contributed by atoms with E-state index in [2.05, 4.69) is 10.0 Å². The van der Waals surface area contributed by atoms with E-state index < -0.39 is 10.0 Å². The molecule has 0 saturated carbocycles. The number of amides is 1. The number of rotatable bonds is 9. The third kappa shape index (κ3) is 5.88. The quantitative estimate of drug-likeness (QED) is 0.462. The van der Waals surface area contributed by atoms with Crippen molar-refractivity contribution >= 4 is 38.9 Å². The molecule has 0 aliphatic rings. The summed E-state index contributed by atoms with van der Waals surface area (Å²) in [5.41, 5.74) is 1.19. The van der Waals surface area contributed by atoms with Crippen LogP contribution in [0, 0.1) is 0 Å². The Hall–Kier alpha value is -3.43. The van der Waals surface area contributed by atoms with E-state index in [1.807, 2.05) is 0 Å². The maximum atomic E-state index is 13.0. The Labute approximate surface area is 197 Å². The molecule has 0 aliphatic heterocycles. The van der Waals surface area contributed by atoms with Crippen molar-refractivity contribution in [2.24, 2.45) is 0 Å². The van der Waals surface area contributed by atoms with Gasteiger partial charge in [0.05, 0.1) is 38.5 Å². The highest BCUT2D eigenvalue weighted by molar-refractivity contribution is 7.92. The summed E-state index contributed by atoms with van der Waals surface area (Å²) in [6, 6.07) is 15.9. The maximum absolute atomic E-state index is 13.0. The zero-order valence-electron chi connectivity index (χ0n) is 18.2. The van der Waals surface area contributed by atoms with Crippen LogP contribution in [0.1, 0.15) is 5.56 Å². The molecule has 33 heavy (non-hydrogen) atoms. The first-order valence-corrected chi connectivity index (χ1v) is 11.6. The fourth-order valence-electron chi connectivity index (χ4n) is 3.09. The first kappa shape index (κ1) is 24.2. The Morgan fingerprint density at radius 3 is 2.33 bits per heavy atom. The molecule has 0 bridgehead atoms. The molecule has 0 spiro atoms. The number of methoxy groups -OCH3 is 3. The fraction of sp³-hybridized carbons (Fsp3) is 0.174. The minimum Gasteiger partial charge on any atom is -0.497 e. The van der Waals surface area contributed by atoms with E-state index in [1.165, 1.54) is 39.5 Å². The average molecular weight is 491 g/mol. The number of benzene rings is 3. The number of hydrogen-bond donors (Lipinski definition) is 2. The molecule has 3 rings (SSSR count). The van der Waals surface area contributed by atoms with Crippen LogP contribution in [0.2, 0.25) is 5.02 Å². The largest absolute Gasteiger partial charge is 0.497 e. The van der Waals surface area contributed by atoms with E-state index in [4.69, 9.17) is 25.8 Å². The highest BCUT2D eigenvalue weighted by atomic mass is 35.5. The summed E-state index contributed by atoms with van der Waals surface area (Å²) in [6.45, 7) is 0. The summed E-state index contributed by atoms with van der Waals surface area (Å²) in [5.74, 6) is 1.10. The molecule has 0 atom stereocenters. The summed E-state index contributed by atoms with van der Waals surface area (Å²) >= 11 is 6.16. The number of para-hydroxylation sites is 2. The average Bonchev–Trinajstić information content (AvgIpc) is 2.80. The van der Waals surface area contributed by atoms with Crippen molar-refractivity contribution < 1.29 is 27.4 Å². The second kappa shape index (κ2) is 10.5. The summed E-state index contributed by atoms with van der Waals surface area (Å²) in [4.78, 5) is 12.4. The molecule has 174 valence electrons. The Balaban J connectivity index is 1.80. The molecule has 0 heterocycles. The van der Waals surface area contributed by atoms with E-state index in [1.54, 1.807) is 42.5 Å². The van der Waals surface area contributed by atoms with Gasteiger partial charge in [-0.1, -0.05) is 29.8 Å². The van der Waals surface area contributed by atoms with Crippen molar-refractivity contribution in [2.75, 3.05) is 31.4 Å². The highest BCUT2D eigenvalue weighted by Crippen LogP contribution is 2.31. The van der Waals surface area contributed by atoms with Crippen LogP contribution >= 0.6 is 11.6 Å². The van der Waals surface area contributed by atoms with E-state index in [9.17, 15) is 13.2 Å². The van der Waals surface area contributed by atoms with Gasteiger partial charge in [-0.15, -0.1) is 0 Å². The van der Waals surface area contributed by atoms with Crippen molar-refractivity contribution in [3.05, 3.63) is 71.2 Å². The van der Waals surface area contributed by atoms with Crippen molar-refractivity contribution in [3.8, 4) is 17.2 Å². The lowest BCUT2D eigenvalue weighted by atomic mass is 10.1. The van der Waals surface area contributed by atoms with Gasteiger partial charge in [0, 0.05) is 17.3 Å². The predicted octanol–water partition coefficient (Wildman–Crippen LogP) is 4.35. The van der Waals surface area contributed by atoms with Gasteiger partial charge in [-0.2, -0.15) is 0 Å². The Bertz CT molecular complexity index is 1260. The van der Waals surface area contributed by atoms with Gasteiger partial charge in [0.25, 0.3) is 10.0 Å². The van der Waals surface area contributed by atoms with Crippen molar-refractivity contribution in [1.29, 1.82) is 0 Å². The smallest absolute Gasteiger partial charge is 0.263 e. The Morgan fingerprint density at radius 2 is 1.64 bits per heavy atom. The van der Waals surface area contributed by atoms with Crippen LogP contribution in [-0.4, -0.2) is 35.7 Å². The molecule has 1 amide bonds. The second-order valence-corrected chi connectivity index (χ2v) is 8.91. The summed E-state index contributed by atoms with van der Waals surface area (Å²) in [6.07, 6.45) is 0.0113. The highest BCUT2D eigenvalue weighted by Gasteiger charge is 2.21. The molecule has 0 radical (unpaired) electrons. The van der Waals surface area contributed by atoms with Crippen LogP contribution in [0.15, 0.2) is 65.6 Å². The van der Waals surface area contributed by atoms with E-state index >= 15 is 0 Å². The maximum Gasteiger partial charge on any atom is 0.263 e. The Morgan fingerprint density at radius 1 is 0.909 bits per heavy atom. The first-order chi connectivity index (χ1) is 15.8. The molecule has 8 nitrogen and oxygen atoms in total. The van der Waals surface area contributed by atoms with Gasteiger partial charge >= 0.3 is 0 Å². The Kier molecular flexibility index (Phi) is 7.67. The van der Waals surface area contributed by atoms with Crippen LogP contribution in [-0.2, 0) is 21.2 Å². The lowest BCUT2D eigenvalue weighted by Gasteiger charge is -2.14. The molecule has 0 aromatic heterocycles. The molecule has 10 heteroatoms. The summed E-state index contributed by atoms with van der Waals surface area (Å²) in [5, 5.41) is 2.70. The van der Waals surface area contributed by atoms with Crippen molar-refractivity contribution in [3.63, 3.8) is 0 Å². The molecule has 3 aromatic carbocycles. The minimum absolute atomic E-state index is 0.00669. The van der Waals surface area contributed by atoms with Crippen LogP contribution in [0.5, 0.6) is 17.2 Å². The van der Waals surface area contributed by atoms with Crippen molar-refractivity contribution in [1.82, 2.24) is 0 Å². The van der Waals surface area contributed by atoms with Gasteiger partial charge in [-0.25, -0.2) is 8.42 Å². The lowest BCUT2D eigenvalue weighted by Crippen LogP contribution is -2.17. The summed E-state index contributed by atoms with van der Waals surface area (Å²) in [7, 11) is 0.418. The minimum atomic E-state index is -4.06. The number of ether oxygens (including phenoxy) is 3. The van der Waals surface area contributed by atoms with Gasteiger partial charge in [0.15, 0.2) is 0 Å². The lowest BCUT2D eigenvalue weighted by molar-refractivity contribution is -0.115. The molecule has 0 aliphatic carbocycles. The van der Waals surface area contributed by atoms with Gasteiger partial charge in [0.2, 0.25) is 5.91 Å². The molecule has 2 N–H and O–H groups in total. The number of anilines is 2. The number of carbonyl (C=O) groups excluding carboxylic acids is 1. The topological polar surface area (TPSA) is 103 Å². The zero-order chi connectivity index (χ0) is 24.0. The number of carbonyl (C=O) groups is 1. The van der Waals surface area contributed by atoms with E-state index in [0.717, 1.165) is 0 Å². The number of sulfonamides is 1. The zero-order valence-corrected chi connectivity index (χ0v) is 19.8. The second-order valence-electron chi connectivity index (χ2n) is 6.85. The fourth-order valence-corrected chi connectivity index (χ4v) is 4.69. The molecular weight excluding hydrogens is 468 g/mol. The molecule has 0 saturated heterocycles. The van der Waals surface area contributed by atoms with E-state index in [-0.39, 0.29) is 33.6 Å². The van der Waals surface area contributed by atoms with Crippen LogP contribution < -0.4 is 24.2 Å².